The molecule has 1 atom stereocenters. The molecule has 23 heavy (non-hydrogen) atoms. The van der Waals surface area contributed by atoms with Crippen LogP contribution in [0.25, 0.3) is 0 Å². The van der Waals surface area contributed by atoms with E-state index in [0.717, 1.165) is 10.5 Å². The normalized spacial score (nSPS) is 17.0. The summed E-state index contributed by atoms with van der Waals surface area (Å²) >= 11 is 1.60. The van der Waals surface area contributed by atoms with Crippen molar-refractivity contribution in [1.29, 1.82) is 0 Å². The first kappa shape index (κ1) is 15.9. The fraction of sp³-hybridized carbons (Fsp3) is 0.278. The van der Waals surface area contributed by atoms with Crippen LogP contribution in [0.1, 0.15) is 37.3 Å². The van der Waals surface area contributed by atoms with Crippen molar-refractivity contribution in [2.45, 2.75) is 36.5 Å². The van der Waals surface area contributed by atoms with Crippen LogP contribution in [0, 0.1) is 0 Å². The van der Waals surface area contributed by atoms with Gasteiger partial charge in [-0.2, -0.15) is 0 Å². The minimum atomic E-state index is -0.175. The van der Waals surface area contributed by atoms with Gasteiger partial charge in [0.2, 0.25) is 6.41 Å². The van der Waals surface area contributed by atoms with Crippen molar-refractivity contribution in [2.75, 3.05) is 10.4 Å². The van der Waals surface area contributed by atoms with E-state index in [1.165, 1.54) is 10.6 Å². The van der Waals surface area contributed by atoms with Gasteiger partial charge in [0.05, 0.1) is 5.69 Å². The first-order valence-corrected chi connectivity index (χ1v) is 8.37. The smallest absolute Gasteiger partial charge is 0.211 e. The summed E-state index contributed by atoms with van der Waals surface area (Å²) in [6, 6.07) is 13.9. The van der Waals surface area contributed by atoms with Gasteiger partial charge in [-0.15, -0.1) is 0 Å². The van der Waals surface area contributed by atoms with E-state index in [1.54, 1.807) is 17.8 Å². The summed E-state index contributed by atoms with van der Waals surface area (Å²) in [5, 5.41) is 14.2. The Bertz CT molecular complexity index is 723. The summed E-state index contributed by atoms with van der Waals surface area (Å²) in [5.74, 6) is 0. The fourth-order valence-corrected chi connectivity index (χ4v) is 3.77. The second-order valence-electron chi connectivity index (χ2n) is 6.63. The molecule has 2 aromatic carbocycles. The number of rotatable bonds is 3. The number of amides is 1. The first-order valence-electron chi connectivity index (χ1n) is 7.49. The molecular formula is C18H20N2O2S. The van der Waals surface area contributed by atoms with E-state index < -0.39 is 0 Å². The van der Waals surface area contributed by atoms with Gasteiger partial charge in [0.25, 0.3) is 0 Å². The van der Waals surface area contributed by atoms with E-state index in [4.69, 9.17) is 0 Å². The Morgan fingerprint density at radius 3 is 2.48 bits per heavy atom. The number of hydrogen-bond acceptors (Lipinski definition) is 4. The van der Waals surface area contributed by atoms with E-state index in [2.05, 4.69) is 50.4 Å². The molecule has 0 saturated carbocycles. The van der Waals surface area contributed by atoms with Gasteiger partial charge in [0.15, 0.2) is 0 Å². The maximum atomic E-state index is 10.6. The Kier molecular flexibility index (Phi) is 4.08. The predicted molar refractivity (Wildman–Crippen MR) is 94.1 cm³/mol. The molecule has 0 aliphatic carbocycles. The highest BCUT2D eigenvalue weighted by atomic mass is 32.2. The molecule has 0 spiro atoms. The Balaban J connectivity index is 1.86. The van der Waals surface area contributed by atoms with Crippen LogP contribution in [-0.4, -0.2) is 11.6 Å². The van der Waals surface area contributed by atoms with Crippen molar-refractivity contribution in [2.24, 2.45) is 0 Å². The van der Waals surface area contributed by atoms with Crippen LogP contribution in [0.3, 0.4) is 0 Å². The number of hydroxylamine groups is 1. The lowest BCUT2D eigenvalue weighted by Gasteiger charge is -2.22. The van der Waals surface area contributed by atoms with Gasteiger partial charge < -0.3 is 5.32 Å². The average molecular weight is 328 g/mol. The first-order chi connectivity index (χ1) is 10.9. The molecule has 2 aromatic rings. The lowest BCUT2D eigenvalue weighted by Crippen LogP contribution is -2.18. The van der Waals surface area contributed by atoms with E-state index in [1.807, 2.05) is 12.1 Å². The van der Waals surface area contributed by atoms with Gasteiger partial charge in [0.1, 0.15) is 5.37 Å². The van der Waals surface area contributed by atoms with E-state index in [0.29, 0.717) is 17.8 Å². The van der Waals surface area contributed by atoms with E-state index in [9.17, 15) is 10.0 Å². The van der Waals surface area contributed by atoms with Gasteiger partial charge in [-0.25, -0.2) is 5.06 Å². The Morgan fingerprint density at radius 1 is 1.17 bits per heavy atom. The standard InChI is InChI=1S/C18H20N2O2S/c1-18(2,3)13-6-4-12(5-7-13)17-20(22)15-10-14(19-11-21)8-9-16(15)23-17/h4-11,17,22H,1-3H3,(H,19,21). The second kappa shape index (κ2) is 5.91. The van der Waals surface area contributed by atoms with Gasteiger partial charge in [-0.05, 0) is 34.7 Å². The summed E-state index contributed by atoms with van der Waals surface area (Å²) in [7, 11) is 0. The van der Waals surface area contributed by atoms with Crippen molar-refractivity contribution in [3.8, 4) is 0 Å². The number of anilines is 2. The van der Waals surface area contributed by atoms with Crippen molar-refractivity contribution in [3.05, 3.63) is 53.6 Å². The number of benzene rings is 2. The third-order valence-corrected chi connectivity index (χ3v) is 5.25. The van der Waals surface area contributed by atoms with Gasteiger partial charge in [-0.1, -0.05) is 56.8 Å². The number of fused-ring (bicyclic) bond motifs is 1. The highest BCUT2D eigenvalue weighted by Crippen LogP contribution is 2.51. The molecule has 1 aliphatic rings. The number of carbonyl (C=O) groups excluding carboxylic acids is 1. The van der Waals surface area contributed by atoms with Crippen molar-refractivity contribution < 1.29 is 10.0 Å². The predicted octanol–water partition coefficient (Wildman–Crippen LogP) is 4.55. The van der Waals surface area contributed by atoms with Crippen molar-refractivity contribution in [1.82, 2.24) is 0 Å². The largest absolute Gasteiger partial charge is 0.329 e. The zero-order valence-corrected chi connectivity index (χ0v) is 14.2. The quantitative estimate of drug-likeness (QED) is 0.812. The Morgan fingerprint density at radius 2 is 1.87 bits per heavy atom. The van der Waals surface area contributed by atoms with Gasteiger partial charge in [0, 0.05) is 10.6 Å². The molecule has 120 valence electrons. The molecule has 1 aliphatic heterocycles. The van der Waals surface area contributed by atoms with E-state index >= 15 is 0 Å². The molecule has 1 amide bonds. The zero-order chi connectivity index (χ0) is 16.6. The third kappa shape index (κ3) is 3.07. The maximum Gasteiger partial charge on any atom is 0.211 e. The van der Waals surface area contributed by atoms with Crippen LogP contribution >= 0.6 is 11.8 Å². The number of nitrogens with zero attached hydrogens (tertiary/aromatic N) is 1. The molecule has 0 bridgehead atoms. The molecule has 2 N–H and O–H groups in total. The average Bonchev–Trinajstić information content (AvgIpc) is 2.84. The Labute approximate surface area is 140 Å². The van der Waals surface area contributed by atoms with Crippen LogP contribution in [0.2, 0.25) is 0 Å². The summed E-state index contributed by atoms with van der Waals surface area (Å²) in [5.41, 5.74) is 3.81. The Hall–Kier alpha value is -1.98. The van der Waals surface area contributed by atoms with Crippen LogP contribution in [0.5, 0.6) is 0 Å². The molecule has 3 rings (SSSR count). The van der Waals surface area contributed by atoms with Gasteiger partial charge >= 0.3 is 0 Å². The molecule has 4 nitrogen and oxygen atoms in total. The lowest BCUT2D eigenvalue weighted by molar-refractivity contribution is -0.105. The molecule has 1 heterocycles. The number of hydrogen-bond donors (Lipinski definition) is 2. The maximum absolute atomic E-state index is 10.6. The van der Waals surface area contributed by atoms with Crippen LogP contribution in [0.4, 0.5) is 11.4 Å². The number of nitrogens with one attached hydrogen (secondary N) is 1. The lowest BCUT2D eigenvalue weighted by atomic mass is 9.87. The molecule has 0 radical (unpaired) electrons. The highest BCUT2D eigenvalue weighted by Gasteiger charge is 2.31. The minimum absolute atomic E-state index is 0.110. The van der Waals surface area contributed by atoms with Crippen LogP contribution in [-0.2, 0) is 10.2 Å². The molecule has 0 saturated heterocycles. The molecule has 1 unspecified atom stereocenters. The second-order valence-corrected chi connectivity index (χ2v) is 7.75. The topological polar surface area (TPSA) is 52.6 Å². The van der Waals surface area contributed by atoms with Crippen LogP contribution in [0.15, 0.2) is 47.4 Å². The minimum Gasteiger partial charge on any atom is -0.329 e. The molecule has 0 fully saturated rings. The summed E-state index contributed by atoms with van der Waals surface area (Å²) in [6.45, 7) is 6.55. The third-order valence-electron chi connectivity index (χ3n) is 3.95. The zero-order valence-electron chi connectivity index (χ0n) is 13.4. The summed E-state index contributed by atoms with van der Waals surface area (Å²) in [6.07, 6.45) is 0.633. The number of carbonyl (C=O) groups is 1. The van der Waals surface area contributed by atoms with Crippen LogP contribution < -0.4 is 10.4 Å². The molecule has 5 heteroatoms. The number of thioether (sulfide) groups is 1. The molecule has 0 aromatic heterocycles. The van der Waals surface area contributed by atoms with Crippen molar-refractivity contribution in [3.63, 3.8) is 0 Å². The fourth-order valence-electron chi connectivity index (χ4n) is 2.61. The SMILES string of the molecule is CC(C)(C)c1ccc(C2Sc3ccc(NC=O)cc3N2O)cc1. The monoisotopic (exact) mass is 328 g/mol. The summed E-state index contributed by atoms with van der Waals surface area (Å²) in [4.78, 5) is 11.6. The molecular weight excluding hydrogens is 308 g/mol. The summed E-state index contributed by atoms with van der Waals surface area (Å²) < 4.78 is 0. The highest BCUT2D eigenvalue weighted by molar-refractivity contribution is 8.00. The van der Waals surface area contributed by atoms with Crippen molar-refractivity contribution >= 4 is 29.5 Å². The van der Waals surface area contributed by atoms with Gasteiger partial charge in [-0.3, -0.25) is 10.0 Å². The van der Waals surface area contributed by atoms with E-state index in [-0.39, 0.29) is 10.8 Å².